The SMILES string of the molecule is CCN(CCCBr)C(=O)c1cccc2ccccc12. The van der Waals surface area contributed by atoms with Crippen LogP contribution in [0.4, 0.5) is 0 Å². The van der Waals surface area contributed by atoms with E-state index in [0.29, 0.717) is 0 Å². The van der Waals surface area contributed by atoms with E-state index in [1.807, 2.05) is 54.3 Å². The Bertz CT molecular complexity index is 562. The highest BCUT2D eigenvalue weighted by molar-refractivity contribution is 9.09. The number of fused-ring (bicyclic) bond motifs is 1. The van der Waals surface area contributed by atoms with Crippen molar-refractivity contribution in [3.05, 3.63) is 48.0 Å². The first-order valence-electron chi connectivity index (χ1n) is 6.61. The van der Waals surface area contributed by atoms with Gasteiger partial charge in [0.25, 0.3) is 5.91 Å². The lowest BCUT2D eigenvalue weighted by Crippen LogP contribution is -2.32. The van der Waals surface area contributed by atoms with Crippen molar-refractivity contribution < 1.29 is 4.79 Å². The fourth-order valence-electron chi connectivity index (χ4n) is 2.24. The molecule has 3 heteroatoms. The Balaban J connectivity index is 2.35. The summed E-state index contributed by atoms with van der Waals surface area (Å²) in [5.74, 6) is 0.125. The van der Waals surface area contributed by atoms with Gasteiger partial charge in [0.15, 0.2) is 0 Å². The summed E-state index contributed by atoms with van der Waals surface area (Å²) in [4.78, 5) is 14.5. The molecule has 0 saturated heterocycles. The first-order valence-corrected chi connectivity index (χ1v) is 7.73. The van der Waals surface area contributed by atoms with E-state index in [2.05, 4.69) is 15.9 Å². The monoisotopic (exact) mass is 319 g/mol. The summed E-state index contributed by atoms with van der Waals surface area (Å²) in [6.45, 7) is 3.57. The van der Waals surface area contributed by atoms with Crippen LogP contribution in [0.5, 0.6) is 0 Å². The average Bonchev–Trinajstić information content (AvgIpc) is 2.47. The predicted molar refractivity (Wildman–Crippen MR) is 83.9 cm³/mol. The number of halogens is 1. The third kappa shape index (κ3) is 3.16. The van der Waals surface area contributed by atoms with E-state index >= 15 is 0 Å². The molecule has 100 valence electrons. The number of benzene rings is 2. The van der Waals surface area contributed by atoms with Gasteiger partial charge in [-0.25, -0.2) is 0 Å². The summed E-state index contributed by atoms with van der Waals surface area (Å²) >= 11 is 3.41. The maximum Gasteiger partial charge on any atom is 0.254 e. The fraction of sp³-hybridized carbons (Fsp3) is 0.312. The predicted octanol–water partition coefficient (Wildman–Crippen LogP) is 4.09. The van der Waals surface area contributed by atoms with Gasteiger partial charge in [-0.05, 0) is 30.2 Å². The normalized spacial score (nSPS) is 10.6. The molecule has 0 unspecified atom stereocenters. The topological polar surface area (TPSA) is 20.3 Å². The molecule has 2 aromatic rings. The van der Waals surface area contributed by atoms with E-state index < -0.39 is 0 Å². The second-order valence-electron chi connectivity index (χ2n) is 4.45. The zero-order valence-corrected chi connectivity index (χ0v) is 12.7. The first-order chi connectivity index (χ1) is 9.27. The first kappa shape index (κ1) is 14.1. The van der Waals surface area contributed by atoms with Gasteiger partial charge in [-0.15, -0.1) is 0 Å². The molecule has 0 atom stereocenters. The number of carbonyl (C=O) groups excluding carboxylic acids is 1. The van der Waals surface area contributed by atoms with Crippen LogP contribution in [0.2, 0.25) is 0 Å². The molecule has 1 amide bonds. The number of alkyl halides is 1. The highest BCUT2D eigenvalue weighted by atomic mass is 79.9. The molecule has 0 N–H and O–H groups in total. The van der Waals surface area contributed by atoms with E-state index in [0.717, 1.165) is 41.2 Å². The molecule has 0 heterocycles. The molecule has 0 bridgehead atoms. The van der Waals surface area contributed by atoms with Crippen LogP contribution in [0, 0.1) is 0 Å². The second-order valence-corrected chi connectivity index (χ2v) is 5.25. The minimum Gasteiger partial charge on any atom is -0.339 e. The van der Waals surface area contributed by atoms with E-state index in [1.54, 1.807) is 0 Å². The third-order valence-corrected chi connectivity index (χ3v) is 3.81. The smallest absolute Gasteiger partial charge is 0.254 e. The van der Waals surface area contributed by atoms with Crippen LogP contribution in [0.25, 0.3) is 10.8 Å². The highest BCUT2D eigenvalue weighted by Gasteiger charge is 2.15. The molecule has 19 heavy (non-hydrogen) atoms. The standard InChI is InChI=1S/C16H18BrNO/c1-2-18(12-6-11-17)16(19)15-10-5-8-13-7-3-4-9-14(13)15/h3-5,7-10H,2,6,11-12H2,1H3. The molecule has 0 spiro atoms. The molecular formula is C16H18BrNO. The van der Waals surface area contributed by atoms with Gasteiger partial charge in [0.2, 0.25) is 0 Å². The molecule has 0 aromatic heterocycles. The fourth-order valence-corrected chi connectivity index (χ4v) is 2.49. The zero-order valence-electron chi connectivity index (χ0n) is 11.1. The van der Waals surface area contributed by atoms with Crippen molar-refractivity contribution in [1.82, 2.24) is 4.90 Å². The number of hydrogen-bond donors (Lipinski definition) is 0. The van der Waals surface area contributed by atoms with Crippen LogP contribution in [0.15, 0.2) is 42.5 Å². The van der Waals surface area contributed by atoms with Crippen LogP contribution in [-0.4, -0.2) is 29.2 Å². The van der Waals surface area contributed by atoms with Crippen LogP contribution in [-0.2, 0) is 0 Å². The van der Waals surface area contributed by atoms with Crippen molar-refractivity contribution in [2.75, 3.05) is 18.4 Å². The van der Waals surface area contributed by atoms with E-state index in [9.17, 15) is 4.79 Å². The molecule has 0 aliphatic heterocycles. The van der Waals surface area contributed by atoms with Gasteiger partial charge in [-0.2, -0.15) is 0 Å². The van der Waals surface area contributed by atoms with Crippen LogP contribution >= 0.6 is 15.9 Å². The van der Waals surface area contributed by atoms with Crippen molar-refractivity contribution >= 4 is 32.6 Å². The summed E-state index contributed by atoms with van der Waals surface area (Å²) in [5, 5.41) is 3.07. The van der Waals surface area contributed by atoms with Crippen LogP contribution < -0.4 is 0 Å². The largest absolute Gasteiger partial charge is 0.339 e. The van der Waals surface area contributed by atoms with Crippen molar-refractivity contribution in [3.8, 4) is 0 Å². The molecule has 2 nitrogen and oxygen atoms in total. The van der Waals surface area contributed by atoms with Crippen LogP contribution in [0.1, 0.15) is 23.7 Å². The van der Waals surface area contributed by atoms with E-state index in [4.69, 9.17) is 0 Å². The highest BCUT2D eigenvalue weighted by Crippen LogP contribution is 2.20. The third-order valence-electron chi connectivity index (χ3n) is 3.25. The maximum absolute atomic E-state index is 12.6. The Morgan fingerprint density at radius 2 is 1.89 bits per heavy atom. The van der Waals surface area contributed by atoms with Crippen molar-refractivity contribution in [2.24, 2.45) is 0 Å². The van der Waals surface area contributed by atoms with Gasteiger partial charge in [0.05, 0.1) is 0 Å². The number of carbonyl (C=O) groups is 1. The molecule has 0 fully saturated rings. The lowest BCUT2D eigenvalue weighted by Gasteiger charge is -2.21. The summed E-state index contributed by atoms with van der Waals surface area (Å²) < 4.78 is 0. The molecule has 2 rings (SSSR count). The number of amides is 1. The van der Waals surface area contributed by atoms with Crippen LogP contribution in [0.3, 0.4) is 0 Å². The van der Waals surface area contributed by atoms with Crippen molar-refractivity contribution in [2.45, 2.75) is 13.3 Å². The maximum atomic E-state index is 12.6. The molecule has 0 radical (unpaired) electrons. The number of nitrogens with zero attached hydrogens (tertiary/aromatic N) is 1. The number of hydrogen-bond acceptors (Lipinski definition) is 1. The zero-order chi connectivity index (χ0) is 13.7. The molecule has 2 aromatic carbocycles. The Morgan fingerprint density at radius 3 is 2.63 bits per heavy atom. The Hall–Kier alpha value is -1.35. The minimum absolute atomic E-state index is 0.125. The lowest BCUT2D eigenvalue weighted by atomic mass is 10.0. The summed E-state index contributed by atoms with van der Waals surface area (Å²) in [6.07, 6.45) is 0.977. The van der Waals surface area contributed by atoms with Crippen molar-refractivity contribution in [1.29, 1.82) is 0 Å². The summed E-state index contributed by atoms with van der Waals surface area (Å²) in [7, 11) is 0. The average molecular weight is 320 g/mol. The van der Waals surface area contributed by atoms with Gasteiger partial charge < -0.3 is 4.90 Å². The van der Waals surface area contributed by atoms with Gasteiger partial charge in [0, 0.05) is 24.0 Å². The van der Waals surface area contributed by atoms with Gasteiger partial charge in [-0.3, -0.25) is 4.79 Å². The minimum atomic E-state index is 0.125. The lowest BCUT2D eigenvalue weighted by molar-refractivity contribution is 0.0767. The van der Waals surface area contributed by atoms with E-state index in [1.165, 1.54) is 0 Å². The Kier molecular flexibility index (Phi) is 4.97. The van der Waals surface area contributed by atoms with Gasteiger partial charge in [0.1, 0.15) is 0 Å². The van der Waals surface area contributed by atoms with E-state index in [-0.39, 0.29) is 5.91 Å². The second kappa shape index (κ2) is 6.71. The van der Waals surface area contributed by atoms with Crippen molar-refractivity contribution in [3.63, 3.8) is 0 Å². The summed E-state index contributed by atoms with van der Waals surface area (Å²) in [5.41, 5.74) is 0.800. The quantitative estimate of drug-likeness (QED) is 0.760. The molecule has 0 aliphatic carbocycles. The number of rotatable bonds is 5. The van der Waals surface area contributed by atoms with Gasteiger partial charge in [-0.1, -0.05) is 52.3 Å². The summed E-state index contributed by atoms with van der Waals surface area (Å²) in [6, 6.07) is 13.9. The Labute approximate surface area is 122 Å². The molecular weight excluding hydrogens is 302 g/mol. The molecule has 0 aliphatic rings. The van der Waals surface area contributed by atoms with Gasteiger partial charge >= 0.3 is 0 Å². The molecule has 0 saturated carbocycles. The Morgan fingerprint density at radius 1 is 1.16 bits per heavy atom.